The predicted octanol–water partition coefficient (Wildman–Crippen LogP) is 2.79. The van der Waals surface area contributed by atoms with Crippen LogP contribution in [0.1, 0.15) is 59.2 Å². The van der Waals surface area contributed by atoms with Crippen molar-refractivity contribution in [3.63, 3.8) is 0 Å². The number of nitrogens with zero attached hydrogens (tertiary/aromatic N) is 2. The maximum atomic E-state index is 13.8. The molecular weight excluding hydrogens is 626 g/mol. The summed E-state index contributed by atoms with van der Waals surface area (Å²) in [6.07, 6.45) is -1.30. The molecule has 1 aromatic heterocycles. The number of hydrogen-bond donors (Lipinski definition) is 4. The van der Waals surface area contributed by atoms with Crippen LogP contribution in [0.4, 0.5) is 4.79 Å². The fourth-order valence-electron chi connectivity index (χ4n) is 4.91. The summed E-state index contributed by atoms with van der Waals surface area (Å²) in [5.74, 6) is -1.32. The molecule has 0 bridgehead atoms. The minimum Gasteiger partial charge on any atom is -0.444 e. The van der Waals surface area contributed by atoms with Crippen molar-refractivity contribution in [1.29, 1.82) is 0 Å². The molecule has 2 heterocycles. The Kier molecular flexibility index (Phi) is 13.7. The summed E-state index contributed by atoms with van der Waals surface area (Å²) in [5.41, 5.74) is 3.44. The van der Waals surface area contributed by atoms with Gasteiger partial charge >= 0.3 is 6.09 Å². The molecule has 0 unspecified atom stereocenters. The van der Waals surface area contributed by atoms with Crippen molar-refractivity contribution in [2.24, 2.45) is 5.41 Å². The second kappa shape index (κ2) is 17.0. The second-order valence-electron chi connectivity index (χ2n) is 13.5. The lowest BCUT2D eigenvalue weighted by molar-refractivity contribution is -0.144. The molecular formula is C33H49N5O8S. The van der Waals surface area contributed by atoms with Gasteiger partial charge in [0.25, 0.3) is 0 Å². The van der Waals surface area contributed by atoms with E-state index in [1.807, 2.05) is 52.0 Å². The van der Waals surface area contributed by atoms with Gasteiger partial charge in [0.2, 0.25) is 17.7 Å². The Morgan fingerprint density at radius 1 is 1.02 bits per heavy atom. The molecule has 4 N–H and O–H groups in total. The smallest absolute Gasteiger partial charge is 0.407 e. The molecule has 13 nitrogen and oxygen atoms in total. The maximum absolute atomic E-state index is 13.8. The highest BCUT2D eigenvalue weighted by molar-refractivity contribution is 7.13. The number of carbonyl (C=O) groups is 4. The molecule has 3 rings (SSSR count). The van der Waals surface area contributed by atoms with Crippen LogP contribution in [0.5, 0.6) is 0 Å². The van der Waals surface area contributed by atoms with Gasteiger partial charge in [0.1, 0.15) is 24.3 Å². The number of ether oxygens (including phenoxy) is 3. The number of β-amino-alcohol motifs (C(OH)–C–C–N with tert-alkyl or cyclic N) is 1. The van der Waals surface area contributed by atoms with Gasteiger partial charge in [-0.2, -0.15) is 0 Å². The fraction of sp³-hybridized carbons (Fsp3) is 0.606. The largest absolute Gasteiger partial charge is 0.444 e. The van der Waals surface area contributed by atoms with Crippen LogP contribution in [-0.2, 0) is 35.1 Å². The molecule has 2 aromatic rings. The number of benzene rings is 1. The topological polar surface area (TPSA) is 168 Å². The van der Waals surface area contributed by atoms with E-state index in [0.717, 1.165) is 21.7 Å². The molecule has 3 atom stereocenters. The number of aliphatic hydroxyl groups excluding tert-OH is 1. The Balaban J connectivity index is 1.46. The number of amides is 4. The van der Waals surface area contributed by atoms with Gasteiger partial charge in [-0.25, -0.2) is 9.78 Å². The lowest BCUT2D eigenvalue weighted by atomic mass is 9.85. The number of carbonyl (C=O) groups excluding carboxylic acids is 4. The number of thiazole rings is 1. The highest BCUT2D eigenvalue weighted by Gasteiger charge is 2.44. The van der Waals surface area contributed by atoms with Crippen LogP contribution in [0.2, 0.25) is 0 Å². The van der Waals surface area contributed by atoms with Gasteiger partial charge in [-0.3, -0.25) is 14.4 Å². The number of aryl methyl sites for hydroxylation is 1. The lowest BCUT2D eigenvalue weighted by Crippen LogP contribution is -2.58. The molecule has 1 aromatic carbocycles. The minimum atomic E-state index is -0.961. The van der Waals surface area contributed by atoms with E-state index in [4.69, 9.17) is 14.2 Å². The standard InChI is InChI=1S/C33H49N5O8S/c1-21-27(47-20-36-21)23-10-8-22(9-11-23)17-35-29(41)25-16-24(39)18-38(25)30(42)28(32(2,3)4)37-26(40)19-45-15-14-44-13-12-34-31(43)46-33(5,6)7/h8-11,20,24-25,28,39H,12-19H2,1-7H3,(H,34,43)(H,35,41)(H,37,40)/t24-,25-,28+/m1/s1. The van der Waals surface area contributed by atoms with Crippen LogP contribution < -0.4 is 16.0 Å². The van der Waals surface area contributed by atoms with Crippen molar-refractivity contribution < 1.29 is 38.5 Å². The van der Waals surface area contributed by atoms with Crippen molar-refractivity contribution in [3.05, 3.63) is 41.0 Å². The molecule has 4 amide bonds. The highest BCUT2D eigenvalue weighted by Crippen LogP contribution is 2.28. The summed E-state index contributed by atoms with van der Waals surface area (Å²) in [7, 11) is 0. The van der Waals surface area contributed by atoms with Crippen LogP contribution in [0, 0.1) is 12.3 Å². The van der Waals surface area contributed by atoms with Gasteiger partial charge in [0, 0.05) is 26.1 Å². The SMILES string of the molecule is Cc1ncsc1-c1ccc(CNC(=O)[C@H]2C[C@@H](O)CN2C(=O)[C@H](NC(=O)COCCOCCNC(=O)OC(C)(C)C)C(C)(C)C)cc1. The van der Waals surface area contributed by atoms with E-state index in [9.17, 15) is 24.3 Å². The molecule has 0 aliphatic carbocycles. The van der Waals surface area contributed by atoms with Crippen molar-refractivity contribution >= 4 is 35.2 Å². The fourth-order valence-corrected chi connectivity index (χ4v) is 5.72. The van der Waals surface area contributed by atoms with Crippen LogP contribution in [0.25, 0.3) is 10.4 Å². The Labute approximate surface area is 280 Å². The average Bonchev–Trinajstić information content (AvgIpc) is 3.59. The summed E-state index contributed by atoms with van der Waals surface area (Å²) >= 11 is 1.57. The number of alkyl carbamates (subject to hydrolysis) is 1. The van der Waals surface area contributed by atoms with Gasteiger partial charge in [-0.05, 0) is 44.2 Å². The van der Waals surface area contributed by atoms with Crippen molar-refractivity contribution in [1.82, 2.24) is 25.8 Å². The third kappa shape index (κ3) is 12.2. The van der Waals surface area contributed by atoms with Gasteiger partial charge < -0.3 is 40.2 Å². The molecule has 1 saturated heterocycles. The molecule has 260 valence electrons. The third-order valence-electron chi connectivity index (χ3n) is 7.23. The normalized spacial score (nSPS) is 17.2. The third-order valence-corrected chi connectivity index (χ3v) is 8.21. The van der Waals surface area contributed by atoms with E-state index in [2.05, 4.69) is 20.9 Å². The van der Waals surface area contributed by atoms with Crippen LogP contribution >= 0.6 is 11.3 Å². The molecule has 0 spiro atoms. The first-order valence-electron chi connectivity index (χ1n) is 15.7. The number of nitrogens with one attached hydrogen (secondary N) is 3. The van der Waals surface area contributed by atoms with E-state index in [1.165, 1.54) is 4.90 Å². The summed E-state index contributed by atoms with van der Waals surface area (Å²) in [4.78, 5) is 58.2. The Hall–Kier alpha value is -3.59. The molecule has 1 aliphatic rings. The Morgan fingerprint density at radius 2 is 1.70 bits per heavy atom. The number of likely N-dealkylation sites (tertiary alicyclic amines) is 1. The van der Waals surface area contributed by atoms with Gasteiger partial charge in [-0.15, -0.1) is 11.3 Å². The molecule has 0 saturated carbocycles. The minimum absolute atomic E-state index is 0.0150. The molecule has 47 heavy (non-hydrogen) atoms. The zero-order chi connectivity index (χ0) is 34.8. The summed E-state index contributed by atoms with van der Waals surface area (Å²) < 4.78 is 16.0. The molecule has 1 aliphatic heterocycles. The summed E-state index contributed by atoms with van der Waals surface area (Å²) in [6.45, 7) is 13.5. The number of rotatable bonds is 14. The van der Waals surface area contributed by atoms with Crippen molar-refractivity contribution in [2.75, 3.05) is 39.5 Å². The van der Waals surface area contributed by atoms with Crippen LogP contribution in [0.15, 0.2) is 29.8 Å². The molecule has 1 fully saturated rings. The zero-order valence-electron chi connectivity index (χ0n) is 28.4. The predicted molar refractivity (Wildman–Crippen MR) is 178 cm³/mol. The quantitative estimate of drug-likeness (QED) is 0.220. The first-order valence-corrected chi connectivity index (χ1v) is 16.6. The first kappa shape index (κ1) is 37.9. The van der Waals surface area contributed by atoms with E-state index in [-0.39, 0.29) is 58.4 Å². The van der Waals surface area contributed by atoms with E-state index >= 15 is 0 Å². The number of hydrogen-bond acceptors (Lipinski definition) is 10. The molecule has 0 radical (unpaired) electrons. The van der Waals surface area contributed by atoms with Gasteiger partial charge in [-0.1, -0.05) is 45.0 Å². The van der Waals surface area contributed by atoms with E-state index < -0.39 is 47.1 Å². The van der Waals surface area contributed by atoms with Gasteiger partial charge in [0.15, 0.2) is 0 Å². The number of aromatic nitrogens is 1. The lowest BCUT2D eigenvalue weighted by Gasteiger charge is -2.35. The number of aliphatic hydroxyl groups is 1. The van der Waals surface area contributed by atoms with E-state index in [1.54, 1.807) is 37.6 Å². The van der Waals surface area contributed by atoms with Crippen LogP contribution in [0.3, 0.4) is 0 Å². The molecule has 14 heteroatoms. The second-order valence-corrected chi connectivity index (χ2v) is 14.4. The van der Waals surface area contributed by atoms with Crippen LogP contribution in [-0.4, -0.2) is 102 Å². The monoisotopic (exact) mass is 675 g/mol. The van der Waals surface area contributed by atoms with Gasteiger partial charge in [0.05, 0.1) is 42.0 Å². The summed E-state index contributed by atoms with van der Waals surface area (Å²) in [6, 6.07) is 6.00. The van der Waals surface area contributed by atoms with Crippen molar-refractivity contribution in [3.8, 4) is 10.4 Å². The van der Waals surface area contributed by atoms with E-state index in [0.29, 0.717) is 0 Å². The first-order chi connectivity index (χ1) is 22.0. The highest BCUT2D eigenvalue weighted by atomic mass is 32.1. The average molecular weight is 676 g/mol. The Bertz CT molecular complexity index is 1350. The van der Waals surface area contributed by atoms with Crippen molar-refractivity contribution in [2.45, 2.75) is 85.2 Å². The Morgan fingerprint density at radius 3 is 2.32 bits per heavy atom. The zero-order valence-corrected chi connectivity index (χ0v) is 29.2. The summed E-state index contributed by atoms with van der Waals surface area (Å²) in [5, 5.41) is 18.7. The maximum Gasteiger partial charge on any atom is 0.407 e.